The van der Waals surface area contributed by atoms with E-state index in [1.54, 1.807) is 30.5 Å². The molecule has 8 heteroatoms. The molecule has 0 aliphatic rings. The van der Waals surface area contributed by atoms with Crippen molar-refractivity contribution in [1.82, 2.24) is 30.1 Å². The van der Waals surface area contributed by atoms with E-state index in [9.17, 15) is 9.59 Å². The highest BCUT2D eigenvalue weighted by atomic mass is 16.2. The van der Waals surface area contributed by atoms with E-state index < -0.39 is 0 Å². The van der Waals surface area contributed by atoms with Gasteiger partial charge in [0.15, 0.2) is 0 Å². The van der Waals surface area contributed by atoms with E-state index in [4.69, 9.17) is 0 Å². The fraction of sp³-hybridized carbons (Fsp3) is 0.190. The van der Waals surface area contributed by atoms with Crippen molar-refractivity contribution >= 4 is 16.8 Å². The highest BCUT2D eigenvalue weighted by molar-refractivity contribution is 5.77. The van der Waals surface area contributed by atoms with Crippen LogP contribution in [0.1, 0.15) is 17.5 Å². The zero-order chi connectivity index (χ0) is 20.1. The third-order valence-electron chi connectivity index (χ3n) is 4.67. The summed E-state index contributed by atoms with van der Waals surface area (Å²) in [5.74, 6) is -0.152. The number of benzene rings is 2. The van der Waals surface area contributed by atoms with Gasteiger partial charge in [0.25, 0.3) is 5.56 Å². The van der Waals surface area contributed by atoms with Crippen molar-refractivity contribution in [3.8, 4) is 0 Å². The zero-order valence-corrected chi connectivity index (χ0v) is 15.7. The first-order valence-electron chi connectivity index (χ1n) is 9.34. The molecule has 0 saturated carbocycles. The summed E-state index contributed by atoms with van der Waals surface area (Å²) in [7, 11) is 0. The summed E-state index contributed by atoms with van der Waals surface area (Å²) in [6.45, 7) is 1.23. The molecule has 2 heterocycles. The van der Waals surface area contributed by atoms with Gasteiger partial charge in [-0.25, -0.2) is 4.68 Å². The summed E-state index contributed by atoms with van der Waals surface area (Å²) >= 11 is 0. The SMILES string of the molecule is O=C(CCn1nnc2ccccc2c1=O)NCc1ccccc1Cn1cccn1. The lowest BCUT2D eigenvalue weighted by molar-refractivity contribution is -0.121. The maximum atomic E-state index is 12.4. The number of hydrogen-bond acceptors (Lipinski definition) is 5. The van der Waals surface area contributed by atoms with Crippen LogP contribution in [0.15, 0.2) is 71.8 Å². The molecule has 4 rings (SSSR count). The number of aryl methyl sites for hydroxylation is 1. The Hall–Kier alpha value is -3.81. The van der Waals surface area contributed by atoms with Crippen LogP contribution >= 0.6 is 0 Å². The van der Waals surface area contributed by atoms with Gasteiger partial charge in [0.1, 0.15) is 5.52 Å². The van der Waals surface area contributed by atoms with Crippen molar-refractivity contribution < 1.29 is 4.79 Å². The molecule has 2 aromatic heterocycles. The van der Waals surface area contributed by atoms with Crippen LogP contribution in [0.2, 0.25) is 0 Å². The summed E-state index contributed by atoms with van der Waals surface area (Å²) in [5, 5.41) is 15.6. The smallest absolute Gasteiger partial charge is 0.277 e. The third kappa shape index (κ3) is 4.37. The summed E-state index contributed by atoms with van der Waals surface area (Å²) in [4.78, 5) is 24.7. The molecule has 4 aromatic rings. The lowest BCUT2D eigenvalue weighted by Crippen LogP contribution is -2.29. The molecule has 146 valence electrons. The van der Waals surface area contributed by atoms with E-state index in [0.717, 1.165) is 11.1 Å². The van der Waals surface area contributed by atoms with E-state index in [-0.39, 0.29) is 24.4 Å². The molecule has 0 saturated heterocycles. The van der Waals surface area contributed by atoms with Crippen molar-refractivity contribution in [3.05, 3.63) is 88.5 Å². The summed E-state index contributed by atoms with van der Waals surface area (Å²) in [6, 6.07) is 16.8. The third-order valence-corrected chi connectivity index (χ3v) is 4.67. The normalized spacial score (nSPS) is 10.9. The van der Waals surface area contributed by atoms with Crippen LogP contribution in [0.5, 0.6) is 0 Å². The first-order valence-corrected chi connectivity index (χ1v) is 9.34. The van der Waals surface area contributed by atoms with Crippen LogP contribution in [0.25, 0.3) is 10.9 Å². The van der Waals surface area contributed by atoms with Gasteiger partial charge >= 0.3 is 0 Å². The maximum absolute atomic E-state index is 12.4. The largest absolute Gasteiger partial charge is 0.352 e. The number of nitrogens with zero attached hydrogens (tertiary/aromatic N) is 5. The number of carbonyl (C=O) groups excluding carboxylic acids is 1. The number of nitrogens with one attached hydrogen (secondary N) is 1. The molecule has 2 aromatic carbocycles. The fourth-order valence-electron chi connectivity index (χ4n) is 3.11. The molecular weight excluding hydrogens is 368 g/mol. The number of rotatable bonds is 7. The van der Waals surface area contributed by atoms with E-state index in [1.807, 2.05) is 41.2 Å². The Morgan fingerprint density at radius 3 is 2.62 bits per heavy atom. The van der Waals surface area contributed by atoms with Gasteiger partial charge in [0.05, 0.1) is 18.5 Å². The van der Waals surface area contributed by atoms with Gasteiger partial charge in [-0.1, -0.05) is 41.6 Å². The molecule has 1 N–H and O–H groups in total. The van der Waals surface area contributed by atoms with Crippen molar-refractivity contribution in [1.29, 1.82) is 0 Å². The zero-order valence-electron chi connectivity index (χ0n) is 15.7. The highest BCUT2D eigenvalue weighted by Crippen LogP contribution is 2.10. The van der Waals surface area contributed by atoms with Gasteiger partial charge in [0, 0.05) is 25.4 Å². The second-order valence-corrected chi connectivity index (χ2v) is 6.63. The predicted molar refractivity (Wildman–Crippen MR) is 108 cm³/mol. The Morgan fingerprint density at radius 2 is 1.79 bits per heavy atom. The number of amides is 1. The average Bonchev–Trinajstić information content (AvgIpc) is 3.26. The van der Waals surface area contributed by atoms with E-state index in [0.29, 0.717) is 24.0 Å². The Balaban J connectivity index is 1.37. The second kappa shape index (κ2) is 8.47. The van der Waals surface area contributed by atoms with Crippen LogP contribution in [-0.4, -0.2) is 30.7 Å². The number of carbonyl (C=O) groups is 1. The number of hydrogen-bond donors (Lipinski definition) is 1. The Labute approximate surface area is 166 Å². The van der Waals surface area contributed by atoms with Crippen LogP contribution in [0.3, 0.4) is 0 Å². The molecule has 0 bridgehead atoms. The van der Waals surface area contributed by atoms with Gasteiger partial charge in [-0.3, -0.25) is 14.3 Å². The Morgan fingerprint density at radius 1 is 1.00 bits per heavy atom. The van der Waals surface area contributed by atoms with Crippen molar-refractivity contribution in [2.24, 2.45) is 0 Å². The number of aromatic nitrogens is 5. The minimum Gasteiger partial charge on any atom is -0.352 e. The van der Waals surface area contributed by atoms with Gasteiger partial charge in [-0.2, -0.15) is 5.10 Å². The fourth-order valence-corrected chi connectivity index (χ4v) is 3.11. The predicted octanol–water partition coefficient (Wildman–Crippen LogP) is 1.74. The van der Waals surface area contributed by atoms with Crippen LogP contribution in [0.4, 0.5) is 0 Å². The molecule has 8 nitrogen and oxygen atoms in total. The molecule has 0 radical (unpaired) electrons. The van der Waals surface area contributed by atoms with Crippen molar-refractivity contribution in [3.63, 3.8) is 0 Å². The topological polar surface area (TPSA) is 94.7 Å². The Kier molecular flexibility index (Phi) is 5.42. The first-order chi connectivity index (χ1) is 14.2. The minimum absolute atomic E-state index is 0.147. The standard InChI is InChI=1S/C21H20N6O2/c28-20(10-13-27-21(29)18-8-3-4-9-19(18)24-25-27)22-14-16-6-1-2-7-17(16)15-26-12-5-11-23-26/h1-9,11-12H,10,13-15H2,(H,22,28). The molecule has 29 heavy (non-hydrogen) atoms. The van der Waals surface area contributed by atoms with E-state index >= 15 is 0 Å². The molecule has 0 atom stereocenters. The summed E-state index contributed by atoms with van der Waals surface area (Å²) in [5.41, 5.74) is 2.42. The van der Waals surface area contributed by atoms with Crippen LogP contribution in [-0.2, 0) is 24.4 Å². The van der Waals surface area contributed by atoms with Gasteiger partial charge in [-0.05, 0) is 29.3 Å². The first kappa shape index (κ1) is 18.5. The minimum atomic E-state index is -0.243. The summed E-state index contributed by atoms with van der Waals surface area (Å²) < 4.78 is 3.07. The van der Waals surface area contributed by atoms with Gasteiger partial charge in [-0.15, -0.1) is 5.10 Å². The molecule has 0 aliphatic heterocycles. The number of fused-ring (bicyclic) bond motifs is 1. The molecule has 0 unspecified atom stereocenters. The van der Waals surface area contributed by atoms with E-state index in [1.165, 1.54) is 4.68 Å². The maximum Gasteiger partial charge on any atom is 0.277 e. The quantitative estimate of drug-likeness (QED) is 0.520. The molecule has 0 aliphatic carbocycles. The van der Waals surface area contributed by atoms with Gasteiger partial charge in [0.2, 0.25) is 5.91 Å². The molecule has 0 fully saturated rings. The molecular formula is C21H20N6O2. The summed E-state index contributed by atoms with van der Waals surface area (Å²) in [6.07, 6.45) is 3.79. The lowest BCUT2D eigenvalue weighted by atomic mass is 10.1. The highest BCUT2D eigenvalue weighted by Gasteiger charge is 2.09. The van der Waals surface area contributed by atoms with Gasteiger partial charge < -0.3 is 5.32 Å². The Bertz CT molecular complexity index is 1180. The monoisotopic (exact) mass is 388 g/mol. The average molecular weight is 388 g/mol. The molecule has 1 amide bonds. The second-order valence-electron chi connectivity index (χ2n) is 6.63. The van der Waals surface area contributed by atoms with Crippen LogP contribution < -0.4 is 10.9 Å². The molecule has 0 spiro atoms. The lowest BCUT2D eigenvalue weighted by Gasteiger charge is -2.11. The van der Waals surface area contributed by atoms with Crippen molar-refractivity contribution in [2.75, 3.05) is 0 Å². The van der Waals surface area contributed by atoms with E-state index in [2.05, 4.69) is 20.7 Å². The van der Waals surface area contributed by atoms with Crippen LogP contribution in [0, 0.1) is 0 Å². The van der Waals surface area contributed by atoms with Crippen molar-refractivity contribution in [2.45, 2.75) is 26.1 Å².